The molecule has 5 aromatic rings. The van der Waals surface area contributed by atoms with Gasteiger partial charge in [0.25, 0.3) is 0 Å². The molecule has 0 radical (unpaired) electrons. The van der Waals surface area contributed by atoms with E-state index in [0.29, 0.717) is 31.2 Å². The lowest BCUT2D eigenvalue weighted by Gasteiger charge is -2.40. The van der Waals surface area contributed by atoms with Gasteiger partial charge >= 0.3 is 6.18 Å². The zero-order chi connectivity index (χ0) is 32.8. The fourth-order valence-electron chi connectivity index (χ4n) is 6.82. The summed E-state index contributed by atoms with van der Waals surface area (Å²) in [6, 6.07) is 27.6. The number of nitrogens with zero attached hydrogens (tertiary/aromatic N) is 1. The van der Waals surface area contributed by atoms with E-state index in [2.05, 4.69) is 58.2 Å². The standard InChI is InChI=1S/C38H42BrF3N2O2/c1-36(29-15-13-16-30(39)25-29,35-24-28-14-7-9-18-32(28)43-35)26-37(46,21-11-5-3-2-4-6-12-22-38(40,41)42)27-44-23-20-34(45)31-17-8-10-19-33(31)44/h7-10,13-20,23-25,43,46H,2-6,11-12,21-22,26-27H2,1H3. The minimum Gasteiger partial charge on any atom is -0.388 e. The Balaban J connectivity index is 1.42. The molecule has 0 spiro atoms. The number of hydrogen-bond acceptors (Lipinski definition) is 2. The molecule has 2 atom stereocenters. The number of fused-ring (bicyclic) bond motifs is 2. The van der Waals surface area contributed by atoms with Gasteiger partial charge in [0, 0.05) is 45.2 Å². The van der Waals surface area contributed by atoms with Crippen LogP contribution in [0.1, 0.15) is 82.4 Å². The van der Waals surface area contributed by atoms with Gasteiger partial charge in [-0.2, -0.15) is 13.2 Å². The molecular formula is C38H42BrF3N2O2. The molecule has 0 saturated carbocycles. The highest BCUT2D eigenvalue weighted by molar-refractivity contribution is 9.10. The van der Waals surface area contributed by atoms with Crippen LogP contribution in [0.2, 0.25) is 0 Å². The van der Waals surface area contributed by atoms with Crippen molar-refractivity contribution in [2.24, 2.45) is 0 Å². The highest BCUT2D eigenvalue weighted by Gasteiger charge is 2.41. The van der Waals surface area contributed by atoms with E-state index in [0.717, 1.165) is 64.3 Å². The van der Waals surface area contributed by atoms with Crippen molar-refractivity contribution in [3.05, 3.63) is 117 Å². The molecule has 46 heavy (non-hydrogen) atoms. The van der Waals surface area contributed by atoms with E-state index in [1.807, 2.05) is 53.1 Å². The summed E-state index contributed by atoms with van der Waals surface area (Å²) in [5, 5.41) is 14.4. The number of aliphatic hydroxyl groups is 1. The molecule has 4 nitrogen and oxygen atoms in total. The van der Waals surface area contributed by atoms with Gasteiger partial charge in [0.2, 0.25) is 0 Å². The summed E-state index contributed by atoms with van der Waals surface area (Å²) < 4.78 is 40.4. The lowest BCUT2D eigenvalue weighted by Crippen LogP contribution is -2.42. The molecule has 2 N–H and O–H groups in total. The average Bonchev–Trinajstić information content (AvgIpc) is 3.47. The quantitative estimate of drug-likeness (QED) is 0.107. The number of benzene rings is 3. The number of aromatic amines is 1. The molecule has 8 heteroatoms. The SMILES string of the molecule is CC(CC(O)(CCCCCCCCCC(F)(F)F)Cn1ccc(=O)c2ccccc21)(c1cccc(Br)c1)c1cc2ccccc2[nH]1. The van der Waals surface area contributed by atoms with Crippen LogP contribution >= 0.6 is 15.9 Å². The van der Waals surface area contributed by atoms with E-state index >= 15 is 0 Å². The Labute approximate surface area is 276 Å². The molecule has 0 saturated heterocycles. The first-order chi connectivity index (χ1) is 22.0. The molecule has 0 aliphatic rings. The van der Waals surface area contributed by atoms with Crippen molar-refractivity contribution in [3.8, 4) is 0 Å². The molecule has 0 bridgehead atoms. The Morgan fingerprint density at radius 3 is 2.20 bits per heavy atom. The molecule has 0 aliphatic carbocycles. The van der Waals surface area contributed by atoms with Crippen LogP contribution in [0.3, 0.4) is 0 Å². The van der Waals surface area contributed by atoms with Crippen LogP contribution in [-0.2, 0) is 12.0 Å². The van der Waals surface area contributed by atoms with Gasteiger partial charge in [-0.05, 0) is 73.5 Å². The van der Waals surface area contributed by atoms with E-state index in [4.69, 9.17) is 0 Å². The molecule has 0 fully saturated rings. The number of hydrogen-bond donors (Lipinski definition) is 2. The zero-order valence-electron chi connectivity index (χ0n) is 26.3. The third-order valence-electron chi connectivity index (χ3n) is 9.22. The van der Waals surface area contributed by atoms with E-state index < -0.39 is 23.6 Å². The van der Waals surface area contributed by atoms with E-state index in [1.54, 1.807) is 12.3 Å². The van der Waals surface area contributed by atoms with Crippen molar-refractivity contribution in [2.75, 3.05) is 0 Å². The van der Waals surface area contributed by atoms with Crippen LogP contribution in [0, 0.1) is 0 Å². The maximum Gasteiger partial charge on any atom is 0.389 e. The highest BCUT2D eigenvalue weighted by Crippen LogP contribution is 2.43. The van der Waals surface area contributed by atoms with Gasteiger partial charge in [0.1, 0.15) is 0 Å². The Hall–Kier alpha value is -3.36. The normalized spacial score (nSPS) is 14.8. The summed E-state index contributed by atoms with van der Waals surface area (Å²) in [6.45, 7) is 2.48. The summed E-state index contributed by atoms with van der Waals surface area (Å²) in [5.74, 6) is 0. The number of pyridine rings is 1. The predicted molar refractivity (Wildman–Crippen MR) is 184 cm³/mol. The molecular weight excluding hydrogens is 653 g/mol. The molecule has 2 heterocycles. The van der Waals surface area contributed by atoms with Crippen molar-refractivity contribution >= 4 is 37.7 Å². The highest BCUT2D eigenvalue weighted by atomic mass is 79.9. The number of aromatic nitrogens is 2. The predicted octanol–water partition coefficient (Wildman–Crippen LogP) is 10.4. The van der Waals surface area contributed by atoms with Crippen LogP contribution in [0.5, 0.6) is 0 Å². The molecule has 3 aromatic carbocycles. The van der Waals surface area contributed by atoms with Gasteiger partial charge < -0.3 is 14.7 Å². The Morgan fingerprint density at radius 1 is 0.804 bits per heavy atom. The first kappa shape index (κ1) is 34.0. The van der Waals surface area contributed by atoms with Gasteiger partial charge in [-0.1, -0.05) is 96.9 Å². The van der Waals surface area contributed by atoms with E-state index in [9.17, 15) is 23.1 Å². The van der Waals surface area contributed by atoms with E-state index in [1.165, 1.54) is 0 Å². The number of para-hydroxylation sites is 2. The first-order valence-electron chi connectivity index (χ1n) is 16.2. The minimum absolute atomic E-state index is 0.0531. The van der Waals surface area contributed by atoms with Gasteiger partial charge in [-0.25, -0.2) is 0 Å². The minimum atomic E-state index is -4.08. The molecule has 2 unspecified atom stereocenters. The molecule has 0 aliphatic heterocycles. The second kappa shape index (κ2) is 14.6. The summed E-state index contributed by atoms with van der Waals surface area (Å²) in [6.07, 6.45) is 2.92. The lowest BCUT2D eigenvalue weighted by molar-refractivity contribution is -0.135. The Morgan fingerprint density at radius 2 is 1.48 bits per heavy atom. The number of H-pyrrole nitrogens is 1. The smallest absolute Gasteiger partial charge is 0.388 e. The van der Waals surface area contributed by atoms with Crippen molar-refractivity contribution in [2.45, 2.75) is 94.9 Å². The maximum absolute atomic E-state index is 12.7. The Bertz CT molecular complexity index is 1780. The van der Waals surface area contributed by atoms with Gasteiger partial charge in [0.05, 0.1) is 17.7 Å². The van der Waals surface area contributed by atoms with Gasteiger partial charge in [-0.15, -0.1) is 0 Å². The van der Waals surface area contributed by atoms with Gasteiger partial charge in [0.15, 0.2) is 5.43 Å². The number of halogens is 4. The average molecular weight is 696 g/mol. The third kappa shape index (κ3) is 8.51. The van der Waals surface area contributed by atoms with E-state index in [-0.39, 0.29) is 11.8 Å². The number of rotatable bonds is 15. The van der Waals surface area contributed by atoms with Crippen molar-refractivity contribution in [3.63, 3.8) is 0 Å². The molecule has 0 amide bonds. The van der Waals surface area contributed by atoms with Gasteiger partial charge in [-0.3, -0.25) is 4.79 Å². The van der Waals surface area contributed by atoms with Crippen LogP contribution in [0.15, 0.2) is 100 Å². The number of alkyl halides is 3. The monoisotopic (exact) mass is 694 g/mol. The molecule has 5 rings (SSSR count). The fourth-order valence-corrected chi connectivity index (χ4v) is 7.21. The fraction of sp³-hybridized carbons (Fsp3) is 0.395. The van der Waals surface area contributed by atoms with Crippen molar-refractivity contribution in [1.82, 2.24) is 9.55 Å². The number of unbranched alkanes of at least 4 members (excludes halogenated alkanes) is 6. The Kier molecular flexibility index (Phi) is 10.8. The first-order valence-corrected chi connectivity index (χ1v) is 17.0. The summed E-state index contributed by atoms with van der Waals surface area (Å²) >= 11 is 3.66. The molecule has 244 valence electrons. The molecule has 2 aromatic heterocycles. The summed E-state index contributed by atoms with van der Waals surface area (Å²) in [4.78, 5) is 16.3. The topological polar surface area (TPSA) is 58.0 Å². The third-order valence-corrected chi connectivity index (χ3v) is 9.71. The van der Waals surface area contributed by atoms with Crippen molar-refractivity contribution < 1.29 is 18.3 Å². The zero-order valence-corrected chi connectivity index (χ0v) is 27.8. The second-order valence-corrected chi connectivity index (χ2v) is 13.8. The summed E-state index contributed by atoms with van der Waals surface area (Å²) in [7, 11) is 0. The van der Waals surface area contributed by atoms with Crippen molar-refractivity contribution in [1.29, 1.82) is 0 Å². The van der Waals surface area contributed by atoms with Crippen LogP contribution in [0.4, 0.5) is 13.2 Å². The van der Waals surface area contributed by atoms with Crippen LogP contribution < -0.4 is 5.43 Å². The van der Waals surface area contributed by atoms with Crippen LogP contribution in [-0.4, -0.2) is 26.4 Å². The second-order valence-electron chi connectivity index (χ2n) is 12.9. The number of nitrogens with one attached hydrogen (secondary N) is 1. The maximum atomic E-state index is 12.7. The summed E-state index contributed by atoms with van der Waals surface area (Å²) in [5.41, 5.74) is 2.09. The largest absolute Gasteiger partial charge is 0.389 e. The lowest BCUT2D eigenvalue weighted by atomic mass is 9.70. The van der Waals surface area contributed by atoms with Crippen LogP contribution in [0.25, 0.3) is 21.8 Å².